The molecule has 4 heteroatoms. The average molecular weight is 489 g/mol. The molecule has 0 radical (unpaired) electrons. The summed E-state index contributed by atoms with van der Waals surface area (Å²) in [5.74, 6) is 1.94. The van der Waals surface area contributed by atoms with Crippen LogP contribution in [-0.2, 0) is 4.74 Å². The van der Waals surface area contributed by atoms with Gasteiger partial charge in [0.25, 0.3) is 0 Å². The third kappa shape index (κ3) is 6.32. The van der Waals surface area contributed by atoms with Gasteiger partial charge in [0.2, 0.25) is 0 Å². The van der Waals surface area contributed by atoms with E-state index < -0.39 is 11.0 Å². The lowest BCUT2D eigenvalue weighted by Crippen LogP contribution is -2.56. The van der Waals surface area contributed by atoms with E-state index in [1.54, 1.807) is 7.11 Å². The predicted octanol–water partition coefficient (Wildman–Crippen LogP) is 6.73. The third-order valence-corrected chi connectivity index (χ3v) is 9.70. The van der Waals surface area contributed by atoms with E-state index in [0.29, 0.717) is 31.1 Å². The highest BCUT2D eigenvalue weighted by atomic mass is 16.5. The van der Waals surface area contributed by atoms with Gasteiger partial charge in [-0.3, -0.25) is 0 Å². The highest BCUT2D eigenvalue weighted by Crippen LogP contribution is 2.55. The van der Waals surface area contributed by atoms with E-state index in [4.69, 9.17) is 4.74 Å². The second-order valence-electron chi connectivity index (χ2n) is 12.0. The Hall–Kier alpha value is -1.36. The van der Waals surface area contributed by atoms with Gasteiger partial charge in [0.1, 0.15) is 0 Å². The van der Waals surface area contributed by atoms with Crippen LogP contribution in [0.15, 0.2) is 46.8 Å². The maximum Gasteiger partial charge on any atom is 0.0919 e. The van der Waals surface area contributed by atoms with Crippen molar-refractivity contribution < 1.29 is 20.1 Å². The number of methoxy groups -OCH3 is 1. The van der Waals surface area contributed by atoms with Gasteiger partial charge in [0.05, 0.1) is 25.1 Å². The summed E-state index contributed by atoms with van der Waals surface area (Å²) in [6.45, 7) is 15.4. The Balaban J connectivity index is 2.28. The molecule has 200 valence electrons. The standard InChI is InChI=1S/C31H52O4/c1-22(13-16-27-23(2)14-15-24(3)29(27,5)6)11-9-18-31(21-33)28(12-10-20-32)26(25(4)35-8)17-19-30(31,7)34/h11,13-14,16,24,27-28,32-34H,9-10,12,15,17-21H2,1-8H3/t24-,27?,28+,30-,31+/m0/s1. The van der Waals surface area contributed by atoms with E-state index in [9.17, 15) is 15.3 Å². The Bertz CT molecular complexity index is 829. The monoisotopic (exact) mass is 488 g/mol. The van der Waals surface area contributed by atoms with Crippen molar-refractivity contribution in [2.24, 2.45) is 28.6 Å². The quantitative estimate of drug-likeness (QED) is 0.181. The minimum atomic E-state index is -0.985. The predicted molar refractivity (Wildman–Crippen MR) is 146 cm³/mol. The first-order chi connectivity index (χ1) is 16.4. The van der Waals surface area contributed by atoms with Crippen molar-refractivity contribution in [1.82, 2.24) is 0 Å². The van der Waals surface area contributed by atoms with E-state index in [-0.39, 0.29) is 24.5 Å². The van der Waals surface area contributed by atoms with Crippen molar-refractivity contribution in [3.63, 3.8) is 0 Å². The lowest BCUT2D eigenvalue weighted by atomic mass is 9.53. The zero-order valence-electron chi connectivity index (χ0n) is 23.7. The highest BCUT2D eigenvalue weighted by molar-refractivity contribution is 5.26. The summed E-state index contributed by atoms with van der Waals surface area (Å²) in [4.78, 5) is 0. The Morgan fingerprint density at radius 1 is 1.20 bits per heavy atom. The number of hydrogen-bond acceptors (Lipinski definition) is 4. The Morgan fingerprint density at radius 3 is 2.49 bits per heavy atom. The summed E-state index contributed by atoms with van der Waals surface area (Å²) in [6.07, 6.45) is 14.6. The van der Waals surface area contributed by atoms with Crippen LogP contribution in [0.2, 0.25) is 0 Å². The van der Waals surface area contributed by atoms with Gasteiger partial charge in [0.15, 0.2) is 0 Å². The molecule has 35 heavy (non-hydrogen) atoms. The van der Waals surface area contributed by atoms with E-state index in [1.807, 2.05) is 13.8 Å². The SMILES string of the molecule is COC(C)=C1CC[C@](C)(O)[C@@](CO)(CCC=C(C)C=CC2C(C)=CC[C@H](C)C2(C)C)[C@@H]1CCCO. The average Bonchev–Trinajstić information content (AvgIpc) is 2.80. The third-order valence-electron chi connectivity index (χ3n) is 9.70. The number of ether oxygens (including phenoxy) is 1. The van der Waals surface area contributed by atoms with Crippen molar-refractivity contribution in [2.75, 3.05) is 20.3 Å². The molecule has 2 rings (SSSR count). The second-order valence-corrected chi connectivity index (χ2v) is 12.0. The topological polar surface area (TPSA) is 69.9 Å². The first-order valence-corrected chi connectivity index (χ1v) is 13.6. The van der Waals surface area contributed by atoms with E-state index in [1.165, 1.54) is 16.7 Å². The van der Waals surface area contributed by atoms with E-state index in [0.717, 1.165) is 31.4 Å². The van der Waals surface area contributed by atoms with Crippen LogP contribution in [0.25, 0.3) is 0 Å². The van der Waals surface area contributed by atoms with Crippen molar-refractivity contribution in [2.45, 2.75) is 99.0 Å². The maximum absolute atomic E-state index is 11.6. The van der Waals surface area contributed by atoms with E-state index in [2.05, 4.69) is 58.9 Å². The molecule has 3 N–H and O–H groups in total. The molecule has 0 aromatic rings. The number of allylic oxidation sites excluding steroid dienone is 8. The van der Waals surface area contributed by atoms with Gasteiger partial charge in [-0.2, -0.15) is 0 Å². The summed E-state index contributed by atoms with van der Waals surface area (Å²) in [5, 5.41) is 31.8. The number of hydrogen-bond donors (Lipinski definition) is 3. The molecular formula is C31H52O4. The molecule has 1 unspecified atom stereocenters. The highest BCUT2D eigenvalue weighted by Gasteiger charge is 2.55. The van der Waals surface area contributed by atoms with Gasteiger partial charge < -0.3 is 20.1 Å². The van der Waals surface area contributed by atoms with Crippen molar-refractivity contribution in [1.29, 1.82) is 0 Å². The molecule has 4 nitrogen and oxygen atoms in total. The summed E-state index contributed by atoms with van der Waals surface area (Å²) in [5.41, 5.74) is 2.43. The molecule has 0 aromatic carbocycles. The number of aliphatic hydroxyl groups excluding tert-OH is 2. The smallest absolute Gasteiger partial charge is 0.0919 e. The molecule has 5 atom stereocenters. The maximum atomic E-state index is 11.6. The van der Waals surface area contributed by atoms with Crippen LogP contribution < -0.4 is 0 Å². The lowest BCUT2D eigenvalue weighted by Gasteiger charge is -2.54. The molecule has 1 fully saturated rings. The van der Waals surface area contributed by atoms with Crippen LogP contribution >= 0.6 is 0 Å². The molecule has 0 spiro atoms. The molecule has 0 bridgehead atoms. The first-order valence-electron chi connectivity index (χ1n) is 13.6. The zero-order valence-corrected chi connectivity index (χ0v) is 23.7. The molecule has 0 heterocycles. The normalized spacial score (nSPS) is 35.2. The molecule has 0 saturated heterocycles. The Labute approximate surface area is 214 Å². The van der Waals surface area contributed by atoms with Gasteiger partial charge in [-0.25, -0.2) is 0 Å². The van der Waals surface area contributed by atoms with Crippen molar-refractivity contribution >= 4 is 0 Å². The van der Waals surface area contributed by atoms with Crippen molar-refractivity contribution in [3.8, 4) is 0 Å². The number of aliphatic hydroxyl groups is 3. The Morgan fingerprint density at radius 2 is 1.89 bits per heavy atom. The van der Waals surface area contributed by atoms with Crippen LogP contribution in [0.4, 0.5) is 0 Å². The zero-order chi connectivity index (χ0) is 26.4. The van der Waals surface area contributed by atoms with Crippen LogP contribution in [0.3, 0.4) is 0 Å². The van der Waals surface area contributed by atoms with E-state index >= 15 is 0 Å². The molecule has 0 aromatic heterocycles. The van der Waals surface area contributed by atoms with Crippen LogP contribution in [0.5, 0.6) is 0 Å². The van der Waals surface area contributed by atoms with Crippen LogP contribution in [-0.4, -0.2) is 41.2 Å². The summed E-state index contributed by atoms with van der Waals surface area (Å²) >= 11 is 0. The molecule has 0 amide bonds. The minimum absolute atomic E-state index is 0.0232. The molecule has 1 saturated carbocycles. The Kier molecular flexibility index (Phi) is 10.5. The largest absolute Gasteiger partial charge is 0.501 e. The summed E-state index contributed by atoms with van der Waals surface area (Å²) in [6, 6.07) is 0. The fourth-order valence-electron chi connectivity index (χ4n) is 6.57. The second kappa shape index (κ2) is 12.3. The molecule has 2 aliphatic carbocycles. The first kappa shape index (κ1) is 29.9. The number of rotatable bonds is 10. The molecular weight excluding hydrogens is 436 g/mol. The lowest BCUT2D eigenvalue weighted by molar-refractivity contribution is -0.147. The fourth-order valence-corrected chi connectivity index (χ4v) is 6.57. The van der Waals surface area contributed by atoms with Crippen LogP contribution in [0, 0.1) is 28.6 Å². The van der Waals surface area contributed by atoms with Gasteiger partial charge in [-0.15, -0.1) is 0 Å². The molecule has 0 aliphatic heterocycles. The summed E-state index contributed by atoms with van der Waals surface area (Å²) < 4.78 is 5.60. The minimum Gasteiger partial charge on any atom is -0.501 e. The van der Waals surface area contributed by atoms with Gasteiger partial charge in [-0.05, 0) is 95.5 Å². The van der Waals surface area contributed by atoms with Crippen LogP contribution in [0.1, 0.15) is 93.4 Å². The van der Waals surface area contributed by atoms with Gasteiger partial charge >= 0.3 is 0 Å². The summed E-state index contributed by atoms with van der Waals surface area (Å²) in [7, 11) is 1.68. The van der Waals surface area contributed by atoms with Gasteiger partial charge in [0, 0.05) is 17.9 Å². The van der Waals surface area contributed by atoms with Gasteiger partial charge in [-0.1, -0.05) is 56.2 Å². The van der Waals surface area contributed by atoms with Crippen molar-refractivity contribution in [3.05, 3.63) is 46.8 Å². The molecule has 2 aliphatic rings. The fraction of sp³-hybridized carbons (Fsp3) is 0.742.